The van der Waals surface area contributed by atoms with Gasteiger partial charge in [0.2, 0.25) is 10.0 Å². The Bertz CT molecular complexity index is 1040. The van der Waals surface area contributed by atoms with Crippen molar-refractivity contribution in [3.8, 4) is 0 Å². The number of hydrogen-bond donors (Lipinski definition) is 1. The molecule has 27 heavy (non-hydrogen) atoms. The van der Waals surface area contributed by atoms with E-state index in [1.165, 1.54) is 41.9 Å². The summed E-state index contributed by atoms with van der Waals surface area (Å²) in [6.07, 6.45) is 2.68. The zero-order valence-electron chi connectivity index (χ0n) is 14.2. The van der Waals surface area contributed by atoms with Crippen LogP contribution in [0.3, 0.4) is 0 Å². The van der Waals surface area contributed by atoms with E-state index in [9.17, 15) is 18.5 Å². The molecule has 9 heteroatoms. The number of hydrogen-bond acceptors (Lipinski definition) is 6. The zero-order valence-corrected chi connectivity index (χ0v) is 15.9. The lowest BCUT2D eigenvalue weighted by Crippen LogP contribution is -2.31. The van der Waals surface area contributed by atoms with Crippen molar-refractivity contribution < 1.29 is 17.8 Å². The van der Waals surface area contributed by atoms with E-state index in [1.807, 2.05) is 6.92 Å². The summed E-state index contributed by atoms with van der Waals surface area (Å²) in [4.78, 5) is 11.7. The van der Waals surface area contributed by atoms with Gasteiger partial charge in [-0.3, -0.25) is 10.1 Å². The van der Waals surface area contributed by atoms with E-state index in [0.717, 1.165) is 5.56 Å². The number of rotatable bonds is 7. The molecule has 0 radical (unpaired) electrons. The van der Waals surface area contributed by atoms with E-state index in [1.54, 1.807) is 35.7 Å². The quantitative estimate of drug-likeness (QED) is 0.474. The van der Waals surface area contributed by atoms with Crippen molar-refractivity contribution >= 4 is 27.4 Å². The Morgan fingerprint density at radius 2 is 1.96 bits per heavy atom. The summed E-state index contributed by atoms with van der Waals surface area (Å²) in [5.74, 6) is 0.130. The second-order valence-electron chi connectivity index (χ2n) is 5.72. The Balaban J connectivity index is 2.04. The number of sulfonamides is 1. The Labute approximate surface area is 160 Å². The van der Waals surface area contributed by atoms with Crippen LogP contribution in [-0.2, 0) is 10.0 Å². The summed E-state index contributed by atoms with van der Waals surface area (Å²) in [6.45, 7) is 1.84. The van der Waals surface area contributed by atoms with Gasteiger partial charge in [0.25, 0.3) is 5.70 Å². The first kappa shape index (κ1) is 19.0. The van der Waals surface area contributed by atoms with Crippen molar-refractivity contribution in [2.24, 2.45) is 0 Å². The number of thiophene rings is 1. The minimum absolute atomic E-state index is 0.0171. The van der Waals surface area contributed by atoms with Gasteiger partial charge in [0.05, 0.1) is 16.1 Å². The summed E-state index contributed by atoms with van der Waals surface area (Å²) in [5.41, 5.74) is 0.572. The molecule has 0 saturated heterocycles. The van der Waals surface area contributed by atoms with Crippen LogP contribution in [0.4, 0.5) is 0 Å². The molecule has 140 valence electrons. The molecule has 1 N–H and O–H groups in total. The van der Waals surface area contributed by atoms with Gasteiger partial charge in [-0.05, 0) is 42.6 Å². The maximum absolute atomic E-state index is 12.8. The fourth-order valence-corrected chi connectivity index (χ4v) is 4.26. The zero-order chi connectivity index (χ0) is 19.4. The van der Waals surface area contributed by atoms with Gasteiger partial charge in [0.15, 0.2) is 6.04 Å². The van der Waals surface area contributed by atoms with E-state index in [2.05, 4.69) is 4.72 Å². The number of benzene rings is 1. The number of nitrogens with zero attached hydrogens (tertiary/aromatic N) is 1. The molecule has 0 amide bonds. The maximum atomic E-state index is 12.8. The molecule has 0 aliphatic rings. The van der Waals surface area contributed by atoms with Crippen molar-refractivity contribution in [3.05, 3.63) is 92.2 Å². The van der Waals surface area contributed by atoms with Crippen molar-refractivity contribution in [2.45, 2.75) is 17.9 Å². The van der Waals surface area contributed by atoms with Crippen LogP contribution >= 0.6 is 11.3 Å². The lowest BCUT2D eigenvalue weighted by molar-refractivity contribution is -0.429. The SMILES string of the molecule is Cc1ccc(S(=O)(=O)NC(/C(=C\c2cccs2)[N+](=O)[O-])c2ccco2)cc1. The molecule has 1 atom stereocenters. The molecule has 2 heterocycles. The summed E-state index contributed by atoms with van der Waals surface area (Å²) in [5, 5.41) is 13.5. The number of nitro groups is 1. The van der Waals surface area contributed by atoms with Crippen LogP contribution < -0.4 is 4.72 Å². The Morgan fingerprint density at radius 3 is 2.52 bits per heavy atom. The van der Waals surface area contributed by atoms with Gasteiger partial charge in [0.1, 0.15) is 5.76 Å². The van der Waals surface area contributed by atoms with Gasteiger partial charge in [0, 0.05) is 11.0 Å². The normalized spacial score (nSPS) is 13.4. The number of nitrogens with one attached hydrogen (secondary N) is 1. The van der Waals surface area contributed by atoms with Crippen LogP contribution in [0.1, 0.15) is 22.2 Å². The minimum atomic E-state index is -4.01. The monoisotopic (exact) mass is 404 g/mol. The van der Waals surface area contributed by atoms with Crippen LogP contribution in [0.5, 0.6) is 0 Å². The topological polar surface area (TPSA) is 102 Å². The third-order valence-electron chi connectivity index (χ3n) is 3.77. The second kappa shape index (κ2) is 7.87. The Hall–Kier alpha value is -2.75. The van der Waals surface area contributed by atoms with Crippen molar-refractivity contribution in [1.82, 2.24) is 4.72 Å². The molecule has 7 nitrogen and oxygen atoms in total. The van der Waals surface area contributed by atoms with E-state index in [-0.39, 0.29) is 16.4 Å². The van der Waals surface area contributed by atoms with E-state index >= 15 is 0 Å². The second-order valence-corrected chi connectivity index (χ2v) is 8.42. The lowest BCUT2D eigenvalue weighted by atomic mass is 10.1. The van der Waals surface area contributed by atoms with E-state index in [0.29, 0.717) is 4.88 Å². The predicted octanol–water partition coefficient (Wildman–Crippen LogP) is 3.99. The molecule has 3 rings (SSSR count). The predicted molar refractivity (Wildman–Crippen MR) is 102 cm³/mol. The molecule has 0 spiro atoms. The van der Waals surface area contributed by atoms with Crippen LogP contribution in [-0.4, -0.2) is 13.3 Å². The molecule has 1 unspecified atom stereocenters. The average Bonchev–Trinajstić information content (AvgIpc) is 3.32. The first-order valence-corrected chi connectivity index (χ1v) is 10.2. The maximum Gasteiger partial charge on any atom is 0.273 e. The smallest absolute Gasteiger partial charge is 0.273 e. The van der Waals surface area contributed by atoms with Gasteiger partial charge in [-0.2, -0.15) is 4.72 Å². The molecule has 0 aliphatic heterocycles. The first-order valence-electron chi connectivity index (χ1n) is 7.89. The molecule has 0 fully saturated rings. The first-order chi connectivity index (χ1) is 12.9. The highest BCUT2D eigenvalue weighted by Gasteiger charge is 2.33. The summed E-state index contributed by atoms with van der Waals surface area (Å²) >= 11 is 1.31. The fourth-order valence-electron chi connectivity index (χ4n) is 2.42. The summed E-state index contributed by atoms with van der Waals surface area (Å²) in [6, 6.07) is 11.5. The Kier molecular flexibility index (Phi) is 5.54. The van der Waals surface area contributed by atoms with Crippen LogP contribution in [0.2, 0.25) is 0 Å². The molecule has 2 aromatic heterocycles. The molecular weight excluding hydrogens is 388 g/mol. The molecule has 0 aliphatic carbocycles. The van der Waals surface area contributed by atoms with Gasteiger partial charge in [-0.1, -0.05) is 23.8 Å². The molecule has 0 saturated carbocycles. The van der Waals surface area contributed by atoms with E-state index < -0.39 is 21.0 Å². The van der Waals surface area contributed by atoms with Crippen LogP contribution in [0.25, 0.3) is 6.08 Å². The van der Waals surface area contributed by atoms with Crippen molar-refractivity contribution in [1.29, 1.82) is 0 Å². The largest absolute Gasteiger partial charge is 0.467 e. The summed E-state index contributed by atoms with van der Waals surface area (Å²) in [7, 11) is -4.01. The van der Waals surface area contributed by atoms with Crippen molar-refractivity contribution in [2.75, 3.05) is 0 Å². The molecular formula is C18H16N2O5S2. The van der Waals surface area contributed by atoms with E-state index in [4.69, 9.17) is 4.42 Å². The average molecular weight is 404 g/mol. The van der Waals surface area contributed by atoms with Gasteiger partial charge in [-0.25, -0.2) is 8.42 Å². The fraction of sp³-hybridized carbons (Fsp3) is 0.111. The lowest BCUT2D eigenvalue weighted by Gasteiger charge is -2.15. The van der Waals surface area contributed by atoms with Crippen LogP contribution in [0.15, 0.2) is 75.2 Å². The Morgan fingerprint density at radius 1 is 1.22 bits per heavy atom. The third-order valence-corrected chi connectivity index (χ3v) is 6.03. The number of aryl methyl sites for hydroxylation is 1. The minimum Gasteiger partial charge on any atom is -0.467 e. The van der Waals surface area contributed by atoms with Gasteiger partial charge < -0.3 is 4.42 Å². The summed E-state index contributed by atoms with van der Waals surface area (Å²) < 4.78 is 33.2. The van der Waals surface area contributed by atoms with Gasteiger partial charge >= 0.3 is 0 Å². The number of furan rings is 1. The highest BCUT2D eigenvalue weighted by atomic mass is 32.2. The van der Waals surface area contributed by atoms with Gasteiger partial charge in [-0.15, -0.1) is 11.3 Å². The highest BCUT2D eigenvalue weighted by molar-refractivity contribution is 7.89. The molecule has 0 bridgehead atoms. The van der Waals surface area contributed by atoms with Crippen LogP contribution in [0, 0.1) is 17.0 Å². The molecule has 3 aromatic rings. The van der Waals surface area contributed by atoms with Crippen molar-refractivity contribution in [3.63, 3.8) is 0 Å². The third kappa shape index (κ3) is 4.51. The highest BCUT2D eigenvalue weighted by Crippen LogP contribution is 2.28. The standard InChI is InChI=1S/C18H16N2O5S2/c1-13-6-8-15(9-7-13)27(23,24)19-18(17-5-2-10-25-17)16(20(21)22)12-14-4-3-11-26-14/h2-12,18-19H,1H3/b16-12+. The molecule has 1 aromatic carbocycles.